The van der Waals surface area contributed by atoms with Crippen molar-refractivity contribution in [3.05, 3.63) is 24.2 Å². The molecule has 3 N–H and O–H groups in total. The number of nitrogens with zero attached hydrogens (tertiary/aromatic N) is 4. The molecule has 3 heterocycles. The Morgan fingerprint density at radius 3 is 2.66 bits per heavy atom. The molecule has 1 fully saturated rings. The smallest absolute Gasteiger partial charge is 0.302 e. The summed E-state index contributed by atoms with van der Waals surface area (Å²) < 4.78 is 12.6. The van der Waals surface area contributed by atoms with Gasteiger partial charge in [-0.3, -0.25) is 9.59 Å². The summed E-state index contributed by atoms with van der Waals surface area (Å²) in [7, 11) is 0. The highest BCUT2D eigenvalue weighted by atomic mass is 16.6. The molecule has 11 nitrogen and oxygen atoms in total. The van der Waals surface area contributed by atoms with E-state index in [2.05, 4.69) is 21.5 Å². The first kappa shape index (κ1) is 25.2. The number of aliphatic hydroxyl groups is 2. The molecule has 32 heavy (non-hydrogen) atoms. The molecule has 2 aromatic heterocycles. The van der Waals surface area contributed by atoms with Gasteiger partial charge in [-0.2, -0.15) is 10.4 Å². The van der Waals surface area contributed by atoms with Crippen LogP contribution in [0.25, 0.3) is 5.52 Å². The molecule has 0 saturated carbocycles. The Bertz CT molecular complexity index is 1000. The van der Waals surface area contributed by atoms with Crippen molar-refractivity contribution in [3.63, 3.8) is 0 Å². The molecule has 2 atom stereocenters. The molecule has 174 valence electrons. The van der Waals surface area contributed by atoms with E-state index in [0.717, 1.165) is 5.69 Å². The van der Waals surface area contributed by atoms with Gasteiger partial charge in [0.2, 0.25) is 5.91 Å². The van der Waals surface area contributed by atoms with Gasteiger partial charge in [0.05, 0.1) is 5.69 Å². The van der Waals surface area contributed by atoms with Crippen LogP contribution in [0.2, 0.25) is 0 Å². The molecule has 2 unspecified atom stereocenters. The second kappa shape index (κ2) is 10.0. The third-order valence-electron chi connectivity index (χ3n) is 4.47. The van der Waals surface area contributed by atoms with E-state index in [1.807, 2.05) is 6.07 Å². The van der Waals surface area contributed by atoms with Crippen molar-refractivity contribution < 1.29 is 29.3 Å². The van der Waals surface area contributed by atoms with Crippen molar-refractivity contribution in [3.8, 4) is 6.07 Å². The van der Waals surface area contributed by atoms with Crippen LogP contribution in [0.15, 0.2) is 18.5 Å². The van der Waals surface area contributed by atoms with E-state index in [-0.39, 0.29) is 24.5 Å². The Hall–Kier alpha value is -3.07. The Balaban J connectivity index is 0.000000654. The average Bonchev–Trinajstić information content (AvgIpc) is 3.30. The molecule has 1 amide bonds. The summed E-state index contributed by atoms with van der Waals surface area (Å²) in [5.74, 6) is -1.85. The molecule has 0 aliphatic carbocycles. The lowest BCUT2D eigenvalue weighted by Crippen LogP contribution is -2.33. The largest absolute Gasteiger partial charge is 0.462 e. The summed E-state index contributed by atoms with van der Waals surface area (Å²) in [6.45, 7) is 7.38. The van der Waals surface area contributed by atoms with Crippen LogP contribution < -0.4 is 5.32 Å². The Morgan fingerprint density at radius 1 is 1.44 bits per heavy atom. The average molecular weight is 447 g/mol. The monoisotopic (exact) mass is 447 g/mol. The molecular formula is C21H29N5O6. The number of esters is 1. The SMILES string of the molecule is CC(=O)OCC1(C#N)CCC(c2ccc3c(NC(=O)C(C)C)ncnn23)O1.CC(C)(O)O. The zero-order valence-electron chi connectivity index (χ0n) is 18.8. The van der Waals surface area contributed by atoms with Gasteiger partial charge in [-0.05, 0) is 38.8 Å². The van der Waals surface area contributed by atoms with Crippen LogP contribution in [-0.2, 0) is 19.1 Å². The van der Waals surface area contributed by atoms with Gasteiger partial charge < -0.3 is 25.0 Å². The standard InChI is InChI=1S/C18H21N5O4.C3H8O2/c1-11(2)17(25)22-16-14-5-4-13(23(14)21-10-20-16)15-6-7-18(8-19,27-15)9-26-12(3)24;1-3(2,4)5/h4-5,10-11,15H,6-7,9H2,1-3H3,(H,20,21,22,25);4-5H,1-2H3. The number of aromatic nitrogens is 3. The van der Waals surface area contributed by atoms with Crippen LogP contribution in [-0.4, -0.2) is 54.7 Å². The number of nitriles is 1. The maximum absolute atomic E-state index is 12.0. The lowest BCUT2D eigenvalue weighted by molar-refractivity contribution is -0.148. The summed E-state index contributed by atoms with van der Waals surface area (Å²) in [5, 5.41) is 32.7. The fraction of sp³-hybridized carbons (Fsp3) is 0.571. The molecule has 1 aliphatic heterocycles. The van der Waals surface area contributed by atoms with Crippen LogP contribution in [0.1, 0.15) is 59.3 Å². The number of hydrogen-bond acceptors (Lipinski definition) is 9. The number of ether oxygens (including phenoxy) is 2. The third-order valence-corrected chi connectivity index (χ3v) is 4.47. The molecule has 2 aromatic rings. The Kier molecular flexibility index (Phi) is 7.90. The van der Waals surface area contributed by atoms with Crippen molar-refractivity contribution in [2.24, 2.45) is 5.92 Å². The third kappa shape index (κ3) is 6.71. The zero-order chi connectivity index (χ0) is 24.1. The van der Waals surface area contributed by atoms with Crippen molar-refractivity contribution >= 4 is 23.2 Å². The number of hydrogen-bond donors (Lipinski definition) is 3. The van der Waals surface area contributed by atoms with Crippen LogP contribution >= 0.6 is 0 Å². The molecule has 0 aromatic carbocycles. The molecule has 11 heteroatoms. The predicted octanol–water partition coefficient (Wildman–Crippen LogP) is 1.71. The minimum Gasteiger partial charge on any atom is -0.462 e. The summed E-state index contributed by atoms with van der Waals surface area (Å²) in [5.41, 5.74) is 0.217. The molecule has 0 radical (unpaired) electrons. The minimum atomic E-state index is -1.50. The Morgan fingerprint density at radius 2 is 2.09 bits per heavy atom. The van der Waals surface area contributed by atoms with E-state index in [4.69, 9.17) is 19.7 Å². The highest BCUT2D eigenvalue weighted by molar-refractivity contribution is 5.94. The van der Waals surface area contributed by atoms with Gasteiger partial charge in [-0.15, -0.1) is 0 Å². The van der Waals surface area contributed by atoms with E-state index in [0.29, 0.717) is 24.2 Å². The number of anilines is 1. The maximum atomic E-state index is 12.0. The predicted molar refractivity (Wildman–Crippen MR) is 113 cm³/mol. The van der Waals surface area contributed by atoms with Crippen LogP contribution in [0.3, 0.4) is 0 Å². The molecule has 1 aliphatic rings. The maximum Gasteiger partial charge on any atom is 0.302 e. The molecule has 0 spiro atoms. The van der Waals surface area contributed by atoms with Crippen molar-refractivity contribution in [2.75, 3.05) is 11.9 Å². The number of fused-ring (bicyclic) bond motifs is 1. The summed E-state index contributed by atoms with van der Waals surface area (Å²) in [6.07, 6.45) is 2.00. The van der Waals surface area contributed by atoms with Crippen LogP contribution in [0.5, 0.6) is 0 Å². The second-order valence-corrected chi connectivity index (χ2v) is 8.33. The number of carbonyl (C=O) groups is 2. The molecular weight excluding hydrogens is 418 g/mol. The first-order valence-corrected chi connectivity index (χ1v) is 10.2. The van der Waals surface area contributed by atoms with Crippen molar-refractivity contribution in [1.82, 2.24) is 14.6 Å². The highest BCUT2D eigenvalue weighted by Crippen LogP contribution is 2.40. The summed E-state index contributed by atoms with van der Waals surface area (Å²) >= 11 is 0. The molecule has 0 bridgehead atoms. The fourth-order valence-electron chi connectivity index (χ4n) is 2.96. The normalized spacial score (nSPS) is 20.4. The van der Waals surface area contributed by atoms with Gasteiger partial charge in [0.25, 0.3) is 0 Å². The fourth-order valence-corrected chi connectivity index (χ4v) is 2.96. The lowest BCUT2D eigenvalue weighted by atomic mass is 10.0. The lowest BCUT2D eigenvalue weighted by Gasteiger charge is -2.21. The van der Waals surface area contributed by atoms with E-state index >= 15 is 0 Å². The molecule has 3 rings (SSSR count). The highest BCUT2D eigenvalue weighted by Gasteiger charge is 2.43. The number of carbonyl (C=O) groups excluding carboxylic acids is 2. The first-order valence-electron chi connectivity index (χ1n) is 10.2. The van der Waals surface area contributed by atoms with Crippen molar-refractivity contribution in [1.29, 1.82) is 5.26 Å². The second-order valence-electron chi connectivity index (χ2n) is 8.33. The zero-order valence-corrected chi connectivity index (χ0v) is 18.8. The van der Waals surface area contributed by atoms with Gasteiger partial charge >= 0.3 is 5.97 Å². The number of nitrogens with one attached hydrogen (secondary N) is 1. The van der Waals surface area contributed by atoms with Gasteiger partial charge in [-0.1, -0.05) is 13.8 Å². The van der Waals surface area contributed by atoms with Gasteiger partial charge in [0, 0.05) is 12.8 Å². The van der Waals surface area contributed by atoms with Gasteiger partial charge in [0.15, 0.2) is 17.2 Å². The molecule has 1 saturated heterocycles. The first-order chi connectivity index (χ1) is 14.8. The van der Waals surface area contributed by atoms with E-state index < -0.39 is 17.4 Å². The van der Waals surface area contributed by atoms with Gasteiger partial charge in [0.1, 0.15) is 30.6 Å². The van der Waals surface area contributed by atoms with Crippen LogP contribution in [0, 0.1) is 17.2 Å². The minimum absolute atomic E-state index is 0.108. The number of rotatable bonds is 5. The Labute approximate surface area is 186 Å². The topological polar surface area (TPSA) is 159 Å². The summed E-state index contributed by atoms with van der Waals surface area (Å²) in [4.78, 5) is 27.2. The van der Waals surface area contributed by atoms with E-state index in [1.165, 1.54) is 27.1 Å². The van der Waals surface area contributed by atoms with Crippen LogP contribution in [0.4, 0.5) is 5.82 Å². The number of amides is 1. The van der Waals surface area contributed by atoms with Gasteiger partial charge in [-0.25, -0.2) is 9.50 Å². The quantitative estimate of drug-likeness (QED) is 0.458. The van der Waals surface area contributed by atoms with E-state index in [1.54, 1.807) is 24.4 Å². The van der Waals surface area contributed by atoms with Crippen molar-refractivity contribution in [2.45, 2.75) is 65.0 Å². The van der Waals surface area contributed by atoms with E-state index in [9.17, 15) is 14.9 Å². The summed E-state index contributed by atoms with van der Waals surface area (Å²) in [6, 6.07) is 5.76.